The monoisotopic (exact) mass is 268 g/mol. The van der Waals surface area contributed by atoms with Gasteiger partial charge in [0.1, 0.15) is 11.3 Å². The van der Waals surface area contributed by atoms with Crippen LogP contribution in [-0.4, -0.2) is 32.3 Å². The average molecular weight is 268 g/mol. The van der Waals surface area contributed by atoms with E-state index in [0.29, 0.717) is 24.4 Å². The highest BCUT2D eigenvalue weighted by molar-refractivity contribution is 6.03. The number of amides is 1. The molecule has 0 fully saturated rings. The summed E-state index contributed by atoms with van der Waals surface area (Å²) in [5, 5.41) is 0.757. The van der Waals surface area contributed by atoms with Crippen molar-refractivity contribution in [2.24, 2.45) is 0 Å². The van der Waals surface area contributed by atoms with E-state index in [0.717, 1.165) is 23.2 Å². The van der Waals surface area contributed by atoms with Gasteiger partial charge in [0.05, 0.1) is 35.9 Å². The summed E-state index contributed by atoms with van der Waals surface area (Å²) in [5.74, 6) is -0.0720. The molecule has 20 heavy (non-hydrogen) atoms. The fourth-order valence-electron chi connectivity index (χ4n) is 2.60. The molecule has 1 aliphatic rings. The van der Waals surface area contributed by atoms with Gasteiger partial charge in [0.25, 0.3) is 5.91 Å². The third kappa shape index (κ3) is 1.61. The van der Waals surface area contributed by atoms with E-state index >= 15 is 0 Å². The van der Waals surface area contributed by atoms with Gasteiger partial charge in [0, 0.05) is 19.2 Å². The maximum Gasteiger partial charge on any atom is 0.273 e. The van der Waals surface area contributed by atoms with Gasteiger partial charge in [-0.15, -0.1) is 0 Å². The standard InChI is InChI=1S/C14H12N4O2/c19-14(13-9-3-6-20-12(9)1-4-15-13)18-5-2-10-11(7-18)17-8-16-10/h1,3-4,6,8H,2,5,7H2,(H,16,17). The first-order chi connectivity index (χ1) is 9.83. The number of fused-ring (bicyclic) bond motifs is 2. The SMILES string of the molecule is O=C(c1nccc2occc12)N1CCc2nc[nH]c2C1. The van der Waals surface area contributed by atoms with E-state index in [1.165, 1.54) is 0 Å². The highest BCUT2D eigenvalue weighted by atomic mass is 16.3. The Hall–Kier alpha value is -2.63. The van der Waals surface area contributed by atoms with Gasteiger partial charge >= 0.3 is 0 Å². The van der Waals surface area contributed by atoms with Crippen LogP contribution in [0.1, 0.15) is 21.9 Å². The summed E-state index contributed by atoms with van der Waals surface area (Å²) in [6.07, 6.45) is 5.62. The first-order valence-corrected chi connectivity index (χ1v) is 6.45. The van der Waals surface area contributed by atoms with Gasteiger partial charge in [-0.3, -0.25) is 9.78 Å². The number of hydrogen-bond donors (Lipinski definition) is 1. The Morgan fingerprint density at radius 3 is 3.25 bits per heavy atom. The Balaban J connectivity index is 1.70. The molecule has 4 rings (SSSR count). The number of hydrogen-bond acceptors (Lipinski definition) is 4. The van der Waals surface area contributed by atoms with Crippen LogP contribution in [0.3, 0.4) is 0 Å². The summed E-state index contributed by atoms with van der Waals surface area (Å²) in [6.45, 7) is 1.21. The molecule has 1 aliphatic heterocycles. The Labute approximate surface area is 114 Å². The first-order valence-electron chi connectivity index (χ1n) is 6.45. The molecule has 0 bridgehead atoms. The van der Waals surface area contributed by atoms with Gasteiger partial charge in [0.15, 0.2) is 0 Å². The smallest absolute Gasteiger partial charge is 0.273 e. The third-order valence-electron chi connectivity index (χ3n) is 3.64. The maximum atomic E-state index is 12.6. The molecule has 3 aromatic rings. The molecule has 3 aromatic heterocycles. The van der Waals surface area contributed by atoms with Crippen molar-refractivity contribution in [1.82, 2.24) is 19.9 Å². The zero-order valence-electron chi connectivity index (χ0n) is 10.7. The number of H-pyrrole nitrogens is 1. The Kier molecular flexibility index (Phi) is 2.35. The predicted molar refractivity (Wildman–Crippen MR) is 71.0 cm³/mol. The van der Waals surface area contributed by atoms with Crippen LogP contribution in [0.25, 0.3) is 11.0 Å². The molecule has 0 unspecified atom stereocenters. The first kappa shape index (κ1) is 11.2. The van der Waals surface area contributed by atoms with E-state index in [2.05, 4.69) is 15.0 Å². The second kappa shape index (κ2) is 4.19. The molecule has 0 saturated carbocycles. The molecule has 0 spiro atoms. The van der Waals surface area contributed by atoms with Crippen LogP contribution in [0.5, 0.6) is 0 Å². The van der Waals surface area contributed by atoms with Crippen LogP contribution < -0.4 is 0 Å². The molecule has 0 aliphatic carbocycles. The Morgan fingerprint density at radius 1 is 1.35 bits per heavy atom. The van der Waals surface area contributed by atoms with Crippen molar-refractivity contribution >= 4 is 16.9 Å². The van der Waals surface area contributed by atoms with Crippen molar-refractivity contribution in [2.45, 2.75) is 13.0 Å². The van der Waals surface area contributed by atoms with Gasteiger partial charge in [-0.1, -0.05) is 0 Å². The normalized spacial score (nSPS) is 14.5. The quantitative estimate of drug-likeness (QED) is 0.729. The van der Waals surface area contributed by atoms with Gasteiger partial charge < -0.3 is 14.3 Å². The van der Waals surface area contributed by atoms with Crippen LogP contribution >= 0.6 is 0 Å². The molecule has 0 radical (unpaired) electrons. The van der Waals surface area contributed by atoms with Crippen molar-refractivity contribution in [3.8, 4) is 0 Å². The topological polar surface area (TPSA) is 75.0 Å². The molecule has 1 amide bonds. The summed E-state index contributed by atoms with van der Waals surface area (Å²) in [5.41, 5.74) is 3.18. The van der Waals surface area contributed by atoms with Crippen LogP contribution in [0.2, 0.25) is 0 Å². The largest absolute Gasteiger partial charge is 0.464 e. The van der Waals surface area contributed by atoms with E-state index in [1.54, 1.807) is 35.8 Å². The van der Waals surface area contributed by atoms with E-state index in [1.807, 2.05) is 0 Å². The summed E-state index contributed by atoms with van der Waals surface area (Å²) in [4.78, 5) is 26.0. The lowest BCUT2D eigenvalue weighted by atomic mass is 10.1. The van der Waals surface area contributed by atoms with Crippen molar-refractivity contribution in [2.75, 3.05) is 6.54 Å². The van der Waals surface area contributed by atoms with Crippen LogP contribution in [-0.2, 0) is 13.0 Å². The second-order valence-electron chi connectivity index (χ2n) is 4.80. The van der Waals surface area contributed by atoms with E-state index in [9.17, 15) is 4.79 Å². The minimum atomic E-state index is -0.0720. The van der Waals surface area contributed by atoms with Crippen LogP contribution in [0.15, 0.2) is 35.3 Å². The molecule has 0 atom stereocenters. The molecule has 6 nitrogen and oxygen atoms in total. The number of furan rings is 1. The number of rotatable bonds is 1. The molecule has 100 valence electrons. The van der Waals surface area contributed by atoms with Crippen molar-refractivity contribution < 1.29 is 9.21 Å². The van der Waals surface area contributed by atoms with E-state index in [-0.39, 0.29) is 5.91 Å². The lowest BCUT2D eigenvalue weighted by Crippen LogP contribution is -2.36. The Morgan fingerprint density at radius 2 is 2.30 bits per heavy atom. The fourth-order valence-corrected chi connectivity index (χ4v) is 2.60. The summed E-state index contributed by atoms with van der Waals surface area (Å²) in [7, 11) is 0. The number of pyridine rings is 1. The zero-order valence-corrected chi connectivity index (χ0v) is 10.7. The van der Waals surface area contributed by atoms with E-state index in [4.69, 9.17) is 4.42 Å². The van der Waals surface area contributed by atoms with Gasteiger partial charge in [-0.05, 0) is 12.1 Å². The van der Waals surface area contributed by atoms with Gasteiger partial charge in [0.2, 0.25) is 0 Å². The molecular formula is C14H12N4O2. The molecule has 0 saturated heterocycles. The summed E-state index contributed by atoms with van der Waals surface area (Å²) < 4.78 is 5.31. The maximum absolute atomic E-state index is 12.6. The number of imidazole rings is 1. The molecule has 0 aromatic carbocycles. The van der Waals surface area contributed by atoms with Crippen molar-refractivity contribution in [3.63, 3.8) is 0 Å². The summed E-state index contributed by atoms with van der Waals surface area (Å²) >= 11 is 0. The molecule has 4 heterocycles. The number of carbonyl (C=O) groups excluding carboxylic acids is 1. The number of nitrogens with one attached hydrogen (secondary N) is 1. The highest BCUT2D eigenvalue weighted by Gasteiger charge is 2.25. The molecule has 1 N–H and O–H groups in total. The minimum absolute atomic E-state index is 0.0720. The number of aromatic amines is 1. The van der Waals surface area contributed by atoms with Crippen molar-refractivity contribution in [1.29, 1.82) is 0 Å². The van der Waals surface area contributed by atoms with Gasteiger partial charge in [-0.25, -0.2) is 4.98 Å². The second-order valence-corrected chi connectivity index (χ2v) is 4.80. The molecule has 6 heteroatoms. The molecular weight excluding hydrogens is 256 g/mol. The lowest BCUT2D eigenvalue weighted by Gasteiger charge is -2.26. The average Bonchev–Trinajstić information content (AvgIpc) is 3.13. The van der Waals surface area contributed by atoms with Crippen LogP contribution in [0, 0.1) is 0 Å². The third-order valence-corrected chi connectivity index (χ3v) is 3.64. The van der Waals surface area contributed by atoms with E-state index < -0.39 is 0 Å². The number of nitrogens with zero attached hydrogens (tertiary/aromatic N) is 3. The van der Waals surface area contributed by atoms with Crippen LogP contribution in [0.4, 0.5) is 0 Å². The Bertz CT molecular complexity index is 789. The predicted octanol–water partition coefficient (Wildman–Crippen LogP) is 1.75. The summed E-state index contributed by atoms with van der Waals surface area (Å²) in [6, 6.07) is 3.54. The zero-order chi connectivity index (χ0) is 13.5. The highest BCUT2D eigenvalue weighted by Crippen LogP contribution is 2.22. The van der Waals surface area contributed by atoms with Gasteiger partial charge in [-0.2, -0.15) is 0 Å². The number of carbonyl (C=O) groups is 1. The number of aromatic nitrogens is 3. The lowest BCUT2D eigenvalue weighted by molar-refractivity contribution is 0.0728. The van der Waals surface area contributed by atoms with Crippen molar-refractivity contribution in [3.05, 3.63) is 48.0 Å². The fraction of sp³-hybridized carbons (Fsp3) is 0.214. The minimum Gasteiger partial charge on any atom is -0.464 e.